The molecule has 0 aliphatic heterocycles. The SMILES string of the molecule is COC(=O)C(Cc1ccc(C(C)(C)O[SiH2]C(C)(C)C)cc1)SCCc1ccc(F)cc1. The van der Waals surface area contributed by atoms with E-state index in [-0.39, 0.29) is 27.7 Å². The van der Waals surface area contributed by atoms with Crippen LogP contribution in [0.3, 0.4) is 0 Å². The molecule has 2 aromatic carbocycles. The van der Waals surface area contributed by atoms with Gasteiger partial charge in [0, 0.05) is 0 Å². The minimum absolute atomic E-state index is 0.215. The molecule has 1 unspecified atom stereocenters. The molecule has 170 valence electrons. The summed E-state index contributed by atoms with van der Waals surface area (Å²) in [4.78, 5) is 12.3. The summed E-state index contributed by atoms with van der Waals surface area (Å²) in [6.45, 7) is 10.9. The summed E-state index contributed by atoms with van der Waals surface area (Å²) in [5, 5.41) is -0.0235. The number of halogens is 1. The number of aryl methyl sites for hydroxylation is 1. The molecule has 0 saturated carbocycles. The Labute approximate surface area is 193 Å². The van der Waals surface area contributed by atoms with E-state index in [2.05, 4.69) is 58.9 Å². The molecule has 6 heteroatoms. The molecule has 2 aromatic rings. The second-order valence-electron chi connectivity index (χ2n) is 9.52. The molecule has 0 N–H and O–H groups in total. The number of hydrogen-bond donors (Lipinski definition) is 0. The van der Waals surface area contributed by atoms with Crippen molar-refractivity contribution in [2.45, 2.75) is 63.3 Å². The van der Waals surface area contributed by atoms with Gasteiger partial charge in [0.05, 0.1) is 12.7 Å². The van der Waals surface area contributed by atoms with Crippen LogP contribution in [0.5, 0.6) is 0 Å². The van der Waals surface area contributed by atoms with E-state index >= 15 is 0 Å². The maximum absolute atomic E-state index is 13.1. The van der Waals surface area contributed by atoms with Gasteiger partial charge in [-0.3, -0.25) is 4.79 Å². The van der Waals surface area contributed by atoms with E-state index in [9.17, 15) is 9.18 Å². The lowest BCUT2D eigenvalue weighted by Gasteiger charge is -2.30. The van der Waals surface area contributed by atoms with Crippen LogP contribution in [0.15, 0.2) is 48.5 Å². The van der Waals surface area contributed by atoms with Gasteiger partial charge in [0.1, 0.15) is 11.1 Å². The second kappa shape index (κ2) is 11.3. The molecule has 2 rings (SSSR count). The highest BCUT2D eigenvalue weighted by atomic mass is 32.2. The van der Waals surface area contributed by atoms with Crippen molar-refractivity contribution in [1.82, 2.24) is 0 Å². The highest BCUT2D eigenvalue weighted by Gasteiger charge is 2.25. The van der Waals surface area contributed by atoms with Crippen molar-refractivity contribution in [3.05, 3.63) is 71.0 Å². The van der Waals surface area contributed by atoms with Gasteiger partial charge in [0.25, 0.3) is 0 Å². The smallest absolute Gasteiger partial charge is 0.319 e. The molecule has 0 amide bonds. The topological polar surface area (TPSA) is 35.5 Å². The Bertz CT molecular complexity index is 829. The number of thioether (sulfide) groups is 1. The van der Waals surface area contributed by atoms with Crippen LogP contribution in [0.1, 0.15) is 51.3 Å². The summed E-state index contributed by atoms with van der Waals surface area (Å²) in [6.07, 6.45) is 1.39. The van der Waals surface area contributed by atoms with Gasteiger partial charge >= 0.3 is 5.97 Å². The van der Waals surface area contributed by atoms with Crippen molar-refractivity contribution in [2.24, 2.45) is 0 Å². The Kier molecular flexibility index (Phi) is 9.34. The first-order chi connectivity index (χ1) is 14.5. The Hall–Kier alpha value is -1.63. The van der Waals surface area contributed by atoms with Crippen LogP contribution in [0, 0.1) is 5.82 Å². The fourth-order valence-electron chi connectivity index (χ4n) is 3.05. The van der Waals surface area contributed by atoms with E-state index in [1.165, 1.54) is 19.2 Å². The van der Waals surface area contributed by atoms with Crippen molar-refractivity contribution < 1.29 is 18.3 Å². The molecule has 0 saturated heterocycles. The van der Waals surface area contributed by atoms with Gasteiger partial charge in [-0.15, -0.1) is 11.8 Å². The fraction of sp³-hybridized carbons (Fsp3) is 0.480. The normalized spacial score (nSPS) is 13.5. The summed E-state index contributed by atoms with van der Waals surface area (Å²) in [5.74, 6) is 0.316. The van der Waals surface area contributed by atoms with Crippen molar-refractivity contribution in [3.8, 4) is 0 Å². The lowest BCUT2D eigenvalue weighted by atomic mass is 9.96. The highest BCUT2D eigenvalue weighted by Crippen LogP contribution is 2.30. The molecule has 0 spiro atoms. The van der Waals surface area contributed by atoms with Crippen LogP contribution in [-0.2, 0) is 32.4 Å². The third-order valence-corrected chi connectivity index (χ3v) is 7.96. The maximum Gasteiger partial charge on any atom is 0.319 e. The third kappa shape index (κ3) is 8.79. The zero-order chi connectivity index (χ0) is 23.1. The van der Waals surface area contributed by atoms with Crippen LogP contribution in [0.25, 0.3) is 0 Å². The first-order valence-corrected chi connectivity index (χ1v) is 13.0. The van der Waals surface area contributed by atoms with Gasteiger partial charge in [-0.25, -0.2) is 4.39 Å². The molecule has 0 fully saturated rings. The van der Waals surface area contributed by atoms with E-state index in [0.717, 1.165) is 28.9 Å². The number of methoxy groups -OCH3 is 1. The van der Waals surface area contributed by atoms with Crippen molar-refractivity contribution >= 4 is 27.5 Å². The fourth-order valence-corrected chi connectivity index (χ4v) is 5.19. The van der Waals surface area contributed by atoms with E-state index < -0.39 is 9.76 Å². The molecule has 0 bridgehead atoms. The van der Waals surface area contributed by atoms with Crippen molar-refractivity contribution in [3.63, 3.8) is 0 Å². The Morgan fingerprint density at radius 3 is 2.13 bits per heavy atom. The summed E-state index contributed by atoms with van der Waals surface area (Å²) in [5.41, 5.74) is 2.98. The quantitative estimate of drug-likeness (QED) is 0.348. The minimum atomic E-state index is -0.660. The maximum atomic E-state index is 13.1. The predicted octanol–water partition coefficient (Wildman–Crippen LogP) is 5.44. The Morgan fingerprint density at radius 2 is 1.58 bits per heavy atom. The third-order valence-electron chi connectivity index (χ3n) is 5.02. The van der Waals surface area contributed by atoms with E-state index in [1.54, 1.807) is 23.9 Å². The molecular formula is C25H35FO3SSi. The monoisotopic (exact) mass is 462 g/mol. The van der Waals surface area contributed by atoms with Gasteiger partial charge in [0.2, 0.25) is 0 Å². The van der Waals surface area contributed by atoms with Crippen molar-refractivity contribution in [1.29, 1.82) is 0 Å². The number of carbonyl (C=O) groups is 1. The van der Waals surface area contributed by atoms with Crippen LogP contribution >= 0.6 is 11.8 Å². The number of hydrogen-bond acceptors (Lipinski definition) is 4. The molecule has 0 aliphatic carbocycles. The second-order valence-corrected chi connectivity index (χ2v) is 13.5. The Morgan fingerprint density at radius 1 is 1.00 bits per heavy atom. The lowest BCUT2D eigenvalue weighted by molar-refractivity contribution is -0.139. The predicted molar refractivity (Wildman–Crippen MR) is 131 cm³/mol. The first kappa shape index (κ1) is 25.6. The van der Waals surface area contributed by atoms with Gasteiger partial charge in [-0.1, -0.05) is 57.2 Å². The zero-order valence-electron chi connectivity index (χ0n) is 19.5. The highest BCUT2D eigenvalue weighted by molar-refractivity contribution is 8.00. The lowest BCUT2D eigenvalue weighted by Crippen LogP contribution is -2.27. The van der Waals surface area contributed by atoms with E-state index in [1.807, 2.05) is 0 Å². The molecule has 31 heavy (non-hydrogen) atoms. The van der Waals surface area contributed by atoms with Crippen LogP contribution in [0.2, 0.25) is 5.04 Å². The number of carbonyl (C=O) groups excluding carboxylic acids is 1. The zero-order valence-corrected chi connectivity index (χ0v) is 21.8. The van der Waals surface area contributed by atoms with Crippen molar-refractivity contribution in [2.75, 3.05) is 12.9 Å². The molecule has 0 aromatic heterocycles. The largest absolute Gasteiger partial charge is 0.468 e. The summed E-state index contributed by atoms with van der Waals surface area (Å²) < 4.78 is 24.4. The molecule has 0 heterocycles. The van der Waals surface area contributed by atoms with Crippen LogP contribution in [-0.4, -0.2) is 33.8 Å². The van der Waals surface area contributed by atoms with Gasteiger partial charge in [-0.05, 0) is 66.3 Å². The van der Waals surface area contributed by atoms with Crippen LogP contribution < -0.4 is 0 Å². The molecule has 0 aliphatic rings. The van der Waals surface area contributed by atoms with Gasteiger partial charge in [-0.2, -0.15) is 0 Å². The standard InChI is InChI=1S/C25H35FO3SSi/c1-24(2,3)31-29-25(4,5)20-11-7-19(8-12-20)17-22(23(27)28-6)30-16-15-18-9-13-21(26)14-10-18/h7-14,22H,15-17,31H2,1-6H3. The van der Waals surface area contributed by atoms with E-state index in [0.29, 0.717) is 6.42 Å². The summed E-state index contributed by atoms with van der Waals surface area (Å²) >= 11 is 1.58. The number of benzene rings is 2. The average Bonchev–Trinajstić information content (AvgIpc) is 2.72. The Balaban J connectivity index is 1.97. The summed E-state index contributed by atoms with van der Waals surface area (Å²) in [6, 6.07) is 14.9. The van der Waals surface area contributed by atoms with Crippen LogP contribution in [0.4, 0.5) is 4.39 Å². The number of ether oxygens (including phenoxy) is 1. The number of rotatable bonds is 10. The number of esters is 1. The minimum Gasteiger partial charge on any atom is -0.468 e. The average molecular weight is 463 g/mol. The molecular weight excluding hydrogens is 427 g/mol. The van der Waals surface area contributed by atoms with Gasteiger partial charge < -0.3 is 9.16 Å². The molecule has 3 nitrogen and oxygen atoms in total. The summed E-state index contributed by atoms with van der Waals surface area (Å²) in [7, 11) is 0.769. The van der Waals surface area contributed by atoms with E-state index in [4.69, 9.17) is 9.16 Å². The van der Waals surface area contributed by atoms with Gasteiger partial charge in [0.15, 0.2) is 9.76 Å². The first-order valence-electron chi connectivity index (χ1n) is 10.7. The molecule has 1 atom stereocenters. The molecule has 0 radical (unpaired) electrons.